The van der Waals surface area contributed by atoms with Crippen molar-refractivity contribution >= 4 is 59.7 Å². The van der Waals surface area contributed by atoms with E-state index in [1.54, 1.807) is 128 Å². The first kappa shape index (κ1) is 46.4. The molecule has 0 N–H and O–H groups in total. The van der Waals surface area contributed by atoms with Gasteiger partial charge >= 0.3 is 44.8 Å². The molecule has 4 saturated carbocycles. The summed E-state index contributed by atoms with van der Waals surface area (Å²) < 4.78 is 11.3. The Balaban J connectivity index is 0.000000156. The summed E-state index contributed by atoms with van der Waals surface area (Å²) in [6.45, 7) is 0. The van der Waals surface area contributed by atoms with Crippen LogP contribution in [0, 0.1) is 24.7 Å². The molecule has 316 valence electrons. The Morgan fingerprint density at radius 1 is 0.407 bits per heavy atom. The average molecular weight is 1190 g/mol. The molecule has 0 spiro atoms. The van der Waals surface area contributed by atoms with Crippen molar-refractivity contribution in [2.45, 2.75) is 151 Å². The van der Waals surface area contributed by atoms with E-state index >= 15 is 0 Å². The molecule has 0 radical (unpaired) electrons. The van der Waals surface area contributed by atoms with E-state index in [2.05, 4.69) is 11.8 Å². The van der Waals surface area contributed by atoms with E-state index in [9.17, 15) is 0 Å². The Kier molecular flexibility index (Phi) is 18.4. The third-order valence-corrected chi connectivity index (χ3v) is 23.7. The van der Waals surface area contributed by atoms with E-state index in [0.717, 1.165) is 55.0 Å². The molecule has 6 aromatic rings. The van der Waals surface area contributed by atoms with Crippen LogP contribution >= 0.6 is 15.8 Å². The molecule has 0 unspecified atom stereocenters. The van der Waals surface area contributed by atoms with E-state index in [-0.39, 0.29) is 60.6 Å². The average Bonchev–Trinajstić information content (AvgIpc) is 3.86. The van der Waals surface area contributed by atoms with Crippen LogP contribution in [-0.4, -0.2) is 28.5 Å². The maximum atomic E-state index is 7.10. The van der Waals surface area contributed by atoms with Gasteiger partial charge in [0.25, 0.3) is 0 Å². The third kappa shape index (κ3) is 11.7. The van der Waals surface area contributed by atoms with Crippen LogP contribution in [0.5, 0.6) is 0 Å². The van der Waals surface area contributed by atoms with Crippen LogP contribution in [0.3, 0.4) is 0 Å². The predicted octanol–water partition coefficient (Wildman–Crippen LogP) is 15.7. The molecule has 4 aliphatic carbocycles. The van der Waals surface area contributed by atoms with E-state index in [1.807, 2.05) is 90.8 Å². The smallest absolute Gasteiger partial charge is 0.456 e. The van der Waals surface area contributed by atoms with Gasteiger partial charge in [0.2, 0.25) is 0 Å². The molecule has 2 aromatic heterocycles. The summed E-state index contributed by atoms with van der Waals surface area (Å²) in [4.78, 5) is 0. The normalized spacial score (nSPS) is 18.3. The first-order chi connectivity index (χ1) is 28.2. The largest absolute Gasteiger partial charge is 1.00 e. The Labute approximate surface area is 388 Å². The number of furan rings is 2. The number of rotatable bonds is 6. The third-order valence-electron chi connectivity index (χ3n) is 14.0. The minimum Gasteiger partial charge on any atom is -0.456 e. The molecule has 0 saturated heterocycles. The molecule has 0 amide bonds. The van der Waals surface area contributed by atoms with Crippen LogP contribution < -0.4 is 0 Å². The van der Waals surface area contributed by atoms with Gasteiger partial charge in [-0.1, -0.05) is 62.1 Å². The van der Waals surface area contributed by atoms with Crippen molar-refractivity contribution in [1.82, 2.24) is 0 Å². The summed E-state index contributed by atoms with van der Waals surface area (Å²) in [7, 11) is -0.192. The van der Waals surface area contributed by atoms with E-state index in [1.165, 1.54) is 22.6 Å². The van der Waals surface area contributed by atoms with Crippen LogP contribution in [0.1, 0.15) is 140 Å². The Hall–Kier alpha value is -2.06. The summed E-state index contributed by atoms with van der Waals surface area (Å²) >= 11 is 0. The van der Waals surface area contributed by atoms with Crippen molar-refractivity contribution in [2.24, 2.45) is 0 Å². The van der Waals surface area contributed by atoms with Crippen molar-refractivity contribution in [1.29, 1.82) is 0 Å². The van der Waals surface area contributed by atoms with Crippen LogP contribution in [0.25, 0.3) is 43.9 Å². The van der Waals surface area contributed by atoms with Crippen molar-refractivity contribution < 1.29 is 53.6 Å². The van der Waals surface area contributed by atoms with Gasteiger partial charge in [-0.15, -0.1) is 35.4 Å². The molecule has 2 nitrogen and oxygen atoms in total. The first-order valence-electron chi connectivity index (χ1n) is 22.6. The molecule has 10 rings (SSSR count). The molecule has 4 fully saturated rings. The molecule has 0 atom stereocenters. The minimum atomic E-state index is -0.0959. The van der Waals surface area contributed by atoms with Gasteiger partial charge in [-0.25, -0.2) is 0 Å². The van der Waals surface area contributed by atoms with Gasteiger partial charge in [0, 0.05) is 37.4 Å². The van der Waals surface area contributed by atoms with Gasteiger partial charge in [0.1, 0.15) is 22.3 Å². The van der Waals surface area contributed by atoms with E-state index < -0.39 is 0 Å². The van der Waals surface area contributed by atoms with Crippen LogP contribution in [0.2, 0.25) is 0 Å². The fraction of sp³-hybridized carbons (Fsp3) is 0.472. The molecule has 0 aliphatic heterocycles. The van der Waals surface area contributed by atoms with Crippen LogP contribution in [0.15, 0.2) is 93.8 Å². The maximum Gasteiger partial charge on any atom is 1.00 e. The molecule has 4 aliphatic rings. The second kappa shape index (κ2) is 23.4. The number of para-hydroxylation sites is 2. The Morgan fingerprint density at radius 3 is 1.03 bits per heavy atom. The maximum absolute atomic E-state index is 7.10. The molecule has 2 heterocycles. The van der Waals surface area contributed by atoms with Crippen molar-refractivity contribution in [3.8, 4) is 11.8 Å². The molecule has 4 aromatic carbocycles. The zero-order valence-corrected chi connectivity index (χ0v) is 41.0. The van der Waals surface area contributed by atoms with Crippen LogP contribution in [0.4, 0.5) is 0 Å². The summed E-state index contributed by atoms with van der Waals surface area (Å²) in [6.07, 6.45) is 46.3. The molecule has 59 heavy (non-hydrogen) atoms. The van der Waals surface area contributed by atoms with Gasteiger partial charge in [-0.3, -0.25) is 11.8 Å². The summed E-state index contributed by atoms with van der Waals surface area (Å²) in [5.74, 6) is 6.62. The monoisotopic (exact) mass is 1190 g/mol. The topological polar surface area (TPSA) is 26.3 Å². The fourth-order valence-electron chi connectivity index (χ4n) is 11.0. The summed E-state index contributed by atoms with van der Waals surface area (Å²) in [6, 6.07) is 27.1. The standard InChI is InChI=1S/C25H46P2.2C14H7O.2Au/c1-5-13-22(14-6-1)26(23-15-7-2-8-16-23)21-27(24-17-9-3-10-18-24)25-19-11-4-12-20-25;2*1-2-10-7-8-14-12(9-10)11-5-3-4-6-13(11)15-14;;/h22-25H,1-21H2;2*3-9H;;/q;2*-1;2*+1/p+2. The van der Waals surface area contributed by atoms with Gasteiger partial charge in [-0.05, 0) is 127 Å². The molecule has 0 bridgehead atoms. The first-order valence-corrected chi connectivity index (χ1v) is 26.3. The molecular formula is C53H62Au2O2P2+2. The van der Waals surface area contributed by atoms with Crippen LogP contribution in [-0.2, 0) is 44.8 Å². The van der Waals surface area contributed by atoms with Gasteiger partial charge < -0.3 is 21.7 Å². The summed E-state index contributed by atoms with van der Waals surface area (Å²) in [5, 5.41) is 4.26. The van der Waals surface area contributed by atoms with Crippen molar-refractivity contribution in [3.05, 3.63) is 109 Å². The number of hydrogen-bond donors (Lipinski definition) is 0. The van der Waals surface area contributed by atoms with Gasteiger partial charge in [0.15, 0.2) is 5.90 Å². The number of hydrogen-bond acceptors (Lipinski definition) is 2. The van der Waals surface area contributed by atoms with E-state index in [4.69, 9.17) is 21.7 Å². The quantitative estimate of drug-likeness (QED) is 0.0719. The Bertz CT molecular complexity index is 2090. The molecule has 6 heteroatoms. The van der Waals surface area contributed by atoms with Crippen molar-refractivity contribution in [3.63, 3.8) is 0 Å². The summed E-state index contributed by atoms with van der Waals surface area (Å²) in [5.41, 5.74) is 9.97. The van der Waals surface area contributed by atoms with Gasteiger partial charge in [-0.2, -0.15) is 0 Å². The second-order valence-electron chi connectivity index (χ2n) is 17.5. The zero-order valence-electron chi connectivity index (χ0n) is 34.7. The SMILES string of the molecule is C1CCC([PH+](C[PH+](C2CCCCC2)C2CCCCC2)C2CCCCC2)CC1.[Au+].[Au+].[C-]#Cc1ccc2oc3ccccc3c2c1.[C-]#Cc1ccc2oc3ccccc3c2c1. The van der Waals surface area contributed by atoms with E-state index in [0.29, 0.717) is 0 Å². The second-order valence-corrected chi connectivity index (χ2v) is 24.5. The Morgan fingerprint density at radius 2 is 0.712 bits per heavy atom. The predicted molar refractivity (Wildman–Crippen MR) is 249 cm³/mol. The zero-order chi connectivity index (χ0) is 38.8. The minimum absolute atomic E-state index is 0. The van der Waals surface area contributed by atoms with Gasteiger partial charge in [0.05, 0.1) is 22.6 Å². The number of fused-ring (bicyclic) bond motifs is 6. The van der Waals surface area contributed by atoms with Crippen molar-refractivity contribution in [2.75, 3.05) is 5.90 Å². The fourth-order valence-corrected chi connectivity index (χ4v) is 23.4. The number of benzene rings is 4. The molecular weight excluding hydrogens is 1120 g/mol.